The van der Waals surface area contributed by atoms with Crippen LogP contribution in [0, 0.1) is 0 Å². The molecule has 2 aromatic heterocycles. The van der Waals surface area contributed by atoms with E-state index in [4.69, 9.17) is 0 Å². The number of nitrogens with zero attached hydrogens (tertiary/aromatic N) is 8. The highest BCUT2D eigenvalue weighted by Gasteiger charge is 2.25. The number of carbonyl (C=O) groups is 1. The Balaban J connectivity index is 1.40. The number of anilines is 1. The summed E-state index contributed by atoms with van der Waals surface area (Å²) in [5.74, 6) is 1.26. The molecule has 174 valence electrons. The topological polar surface area (TPSA) is 117 Å². The minimum absolute atomic E-state index is 0.118. The van der Waals surface area contributed by atoms with E-state index >= 15 is 0 Å². The van der Waals surface area contributed by atoms with Gasteiger partial charge in [-0.3, -0.25) is 4.79 Å². The molecule has 12 heteroatoms. The van der Waals surface area contributed by atoms with Crippen LogP contribution < -0.4 is 4.90 Å². The monoisotopic (exact) mass is 470 g/mol. The van der Waals surface area contributed by atoms with Crippen LogP contribution in [0.15, 0.2) is 54.2 Å². The predicted molar refractivity (Wildman–Crippen MR) is 122 cm³/mol. The molecule has 3 heterocycles. The van der Waals surface area contributed by atoms with E-state index in [1.54, 1.807) is 41.9 Å². The number of rotatable bonds is 7. The molecule has 0 unspecified atom stereocenters. The smallest absolute Gasteiger partial charge is 0.253 e. The number of amides is 1. The average Bonchev–Trinajstić information content (AvgIpc) is 3.40. The second-order valence-corrected chi connectivity index (χ2v) is 9.41. The van der Waals surface area contributed by atoms with Crippen molar-refractivity contribution in [2.45, 2.75) is 18.7 Å². The molecule has 0 spiro atoms. The molecule has 1 fully saturated rings. The van der Waals surface area contributed by atoms with Crippen molar-refractivity contribution < 1.29 is 13.2 Å². The quantitative estimate of drug-likeness (QED) is 0.503. The third-order valence-corrected chi connectivity index (χ3v) is 7.69. The van der Waals surface area contributed by atoms with Crippen molar-refractivity contribution in [3.8, 4) is 5.82 Å². The van der Waals surface area contributed by atoms with Gasteiger partial charge in [-0.25, -0.2) is 28.1 Å². The van der Waals surface area contributed by atoms with Gasteiger partial charge in [0.2, 0.25) is 10.0 Å². The van der Waals surface area contributed by atoms with Gasteiger partial charge in [-0.1, -0.05) is 13.8 Å². The molecule has 1 aliphatic heterocycles. The van der Waals surface area contributed by atoms with Crippen LogP contribution in [-0.2, 0) is 10.0 Å². The van der Waals surface area contributed by atoms with Gasteiger partial charge in [0, 0.05) is 50.9 Å². The van der Waals surface area contributed by atoms with E-state index in [2.05, 4.69) is 25.0 Å². The largest absolute Gasteiger partial charge is 0.353 e. The SMILES string of the molecule is CCN(CC)S(=O)(=O)c1ccc(C(=O)N2CCN(c3cc(-n4cncn4)ncn3)CC2)cc1. The van der Waals surface area contributed by atoms with Gasteiger partial charge in [0.25, 0.3) is 5.91 Å². The van der Waals surface area contributed by atoms with Crippen LogP contribution in [0.4, 0.5) is 5.82 Å². The zero-order valence-electron chi connectivity index (χ0n) is 18.6. The van der Waals surface area contributed by atoms with Gasteiger partial charge < -0.3 is 9.80 Å². The number of piperazine rings is 1. The molecule has 33 heavy (non-hydrogen) atoms. The summed E-state index contributed by atoms with van der Waals surface area (Å²) in [6, 6.07) is 8.01. The highest BCUT2D eigenvalue weighted by Crippen LogP contribution is 2.19. The first-order valence-corrected chi connectivity index (χ1v) is 12.2. The van der Waals surface area contributed by atoms with Crippen LogP contribution in [-0.4, -0.2) is 87.5 Å². The molecule has 0 radical (unpaired) electrons. The van der Waals surface area contributed by atoms with Crippen LogP contribution in [0.3, 0.4) is 0 Å². The van der Waals surface area contributed by atoms with E-state index in [0.717, 1.165) is 5.82 Å². The summed E-state index contributed by atoms with van der Waals surface area (Å²) in [5, 5.41) is 4.09. The van der Waals surface area contributed by atoms with Crippen LogP contribution in [0.25, 0.3) is 5.82 Å². The van der Waals surface area contributed by atoms with E-state index in [1.165, 1.54) is 29.1 Å². The summed E-state index contributed by atoms with van der Waals surface area (Å²) in [7, 11) is -3.55. The Morgan fingerprint density at radius 3 is 2.24 bits per heavy atom. The fourth-order valence-electron chi connectivity index (χ4n) is 3.77. The predicted octanol–water partition coefficient (Wildman–Crippen LogP) is 1.05. The number of sulfonamides is 1. The highest BCUT2D eigenvalue weighted by molar-refractivity contribution is 7.89. The Kier molecular flexibility index (Phi) is 6.65. The second-order valence-electron chi connectivity index (χ2n) is 7.47. The van der Waals surface area contributed by atoms with E-state index in [1.807, 2.05) is 6.07 Å². The van der Waals surface area contributed by atoms with Gasteiger partial charge >= 0.3 is 0 Å². The van der Waals surface area contributed by atoms with Crippen LogP contribution in [0.1, 0.15) is 24.2 Å². The molecular weight excluding hydrogens is 444 g/mol. The summed E-state index contributed by atoms with van der Waals surface area (Å²) >= 11 is 0. The van der Waals surface area contributed by atoms with Crippen molar-refractivity contribution in [1.82, 2.24) is 33.9 Å². The molecule has 0 atom stereocenters. The van der Waals surface area contributed by atoms with Gasteiger partial charge in [0.1, 0.15) is 24.8 Å². The van der Waals surface area contributed by atoms with Crippen LogP contribution in [0.2, 0.25) is 0 Å². The molecule has 1 aromatic carbocycles. The second kappa shape index (κ2) is 9.63. The maximum Gasteiger partial charge on any atom is 0.253 e. The van der Waals surface area contributed by atoms with Crippen LogP contribution in [0.5, 0.6) is 0 Å². The van der Waals surface area contributed by atoms with Crippen LogP contribution >= 0.6 is 0 Å². The first-order valence-electron chi connectivity index (χ1n) is 10.8. The Bertz CT molecular complexity index is 1190. The minimum Gasteiger partial charge on any atom is -0.353 e. The molecule has 0 N–H and O–H groups in total. The van der Waals surface area contributed by atoms with Crippen molar-refractivity contribution in [3.05, 3.63) is 54.9 Å². The minimum atomic E-state index is -3.55. The lowest BCUT2D eigenvalue weighted by molar-refractivity contribution is 0.0746. The number of carbonyl (C=O) groups excluding carboxylic acids is 1. The average molecular weight is 471 g/mol. The number of hydrogen-bond donors (Lipinski definition) is 0. The summed E-state index contributed by atoms with van der Waals surface area (Å²) in [4.78, 5) is 29.5. The maximum atomic E-state index is 13.0. The lowest BCUT2D eigenvalue weighted by Gasteiger charge is -2.35. The molecular formula is C21H26N8O3S. The highest BCUT2D eigenvalue weighted by atomic mass is 32.2. The fraction of sp³-hybridized carbons (Fsp3) is 0.381. The fourth-order valence-corrected chi connectivity index (χ4v) is 5.22. The molecule has 1 aliphatic rings. The maximum absolute atomic E-state index is 13.0. The van der Waals surface area contributed by atoms with Crippen molar-refractivity contribution in [1.29, 1.82) is 0 Å². The molecule has 1 saturated heterocycles. The molecule has 0 bridgehead atoms. The van der Waals surface area contributed by atoms with Gasteiger partial charge in [0.05, 0.1) is 4.90 Å². The molecule has 11 nitrogen and oxygen atoms in total. The summed E-state index contributed by atoms with van der Waals surface area (Å²) in [5.41, 5.74) is 0.470. The Hall–Kier alpha value is -3.38. The van der Waals surface area contributed by atoms with E-state index < -0.39 is 10.0 Å². The Labute approximate surface area is 192 Å². The van der Waals surface area contributed by atoms with Crippen molar-refractivity contribution in [2.75, 3.05) is 44.2 Å². The molecule has 4 rings (SSSR count). The lowest BCUT2D eigenvalue weighted by atomic mass is 10.2. The Morgan fingerprint density at radius 2 is 1.64 bits per heavy atom. The number of aromatic nitrogens is 5. The van der Waals surface area contributed by atoms with Crippen molar-refractivity contribution >= 4 is 21.7 Å². The zero-order valence-corrected chi connectivity index (χ0v) is 19.4. The third kappa shape index (κ3) is 4.71. The van der Waals surface area contributed by atoms with Gasteiger partial charge in [-0.2, -0.15) is 9.40 Å². The zero-order chi connectivity index (χ0) is 23.4. The normalized spacial score (nSPS) is 14.6. The number of benzene rings is 1. The van der Waals surface area contributed by atoms with E-state index in [9.17, 15) is 13.2 Å². The first-order chi connectivity index (χ1) is 15.9. The molecule has 1 amide bonds. The standard InChI is InChI=1S/C21H26N8O3S/c1-3-28(4-2)33(31,32)18-7-5-17(6-8-18)21(30)27-11-9-26(10-12-27)19-13-20(24-15-23-19)29-16-22-14-25-29/h5-8,13-16H,3-4,9-12H2,1-2H3. The van der Waals surface area contributed by atoms with E-state index in [0.29, 0.717) is 50.6 Å². The molecule has 0 saturated carbocycles. The first kappa shape index (κ1) is 22.8. The van der Waals surface area contributed by atoms with E-state index in [-0.39, 0.29) is 10.8 Å². The van der Waals surface area contributed by atoms with Crippen molar-refractivity contribution in [3.63, 3.8) is 0 Å². The van der Waals surface area contributed by atoms with Gasteiger partial charge in [-0.05, 0) is 24.3 Å². The summed E-state index contributed by atoms with van der Waals surface area (Å²) in [6.07, 6.45) is 4.50. The summed E-state index contributed by atoms with van der Waals surface area (Å²) < 4.78 is 28.3. The van der Waals surface area contributed by atoms with Crippen molar-refractivity contribution in [2.24, 2.45) is 0 Å². The third-order valence-electron chi connectivity index (χ3n) is 5.63. The van der Waals surface area contributed by atoms with Gasteiger partial charge in [0.15, 0.2) is 5.82 Å². The summed E-state index contributed by atoms with van der Waals surface area (Å²) in [6.45, 7) is 6.70. The van der Waals surface area contributed by atoms with Gasteiger partial charge in [-0.15, -0.1) is 0 Å². The lowest BCUT2D eigenvalue weighted by Crippen LogP contribution is -2.49. The molecule has 0 aliphatic carbocycles. The Morgan fingerprint density at radius 1 is 0.970 bits per heavy atom. The molecule has 3 aromatic rings. The number of hydrogen-bond acceptors (Lipinski definition) is 8.